The molecule has 0 aliphatic carbocycles. The number of methoxy groups -OCH3 is 2. The molecule has 0 aromatic rings. The van der Waals surface area contributed by atoms with Crippen LogP contribution in [0.5, 0.6) is 0 Å². The Balaban J connectivity index is 5.12. The predicted molar refractivity (Wildman–Crippen MR) is 65.1 cm³/mol. The zero-order valence-electron chi connectivity index (χ0n) is 11.3. The standard InChI is InChI=1S/C11H17N3O5/c1-5-6(2)7(10(16)18-3)13-9(15)8(14-12)11(17)19-4/h6-7H,5H2,1-4H3,(H-,13,15,17)/p+1/t6-,7+/m1/s1. The van der Waals surface area contributed by atoms with Crippen LogP contribution in [0.15, 0.2) is 11.6 Å². The molecule has 0 rings (SSSR count). The Morgan fingerprint density at radius 3 is 2.32 bits per heavy atom. The summed E-state index contributed by atoms with van der Waals surface area (Å²) in [6, 6.07) is -0.913. The lowest BCUT2D eigenvalue weighted by atomic mass is 9.99. The van der Waals surface area contributed by atoms with Gasteiger partial charge in [-0.15, -0.1) is 0 Å². The monoisotopic (exact) mass is 272 g/mol. The molecule has 0 saturated carbocycles. The first-order valence-corrected chi connectivity index (χ1v) is 5.63. The fourth-order valence-electron chi connectivity index (χ4n) is 1.29. The van der Waals surface area contributed by atoms with Gasteiger partial charge >= 0.3 is 23.5 Å². The number of carbonyl (C=O) groups excluding carboxylic acids is 2. The van der Waals surface area contributed by atoms with Crippen molar-refractivity contribution in [1.29, 1.82) is 5.39 Å². The second-order valence-corrected chi connectivity index (χ2v) is 3.82. The first-order valence-electron chi connectivity index (χ1n) is 5.63. The summed E-state index contributed by atoms with van der Waals surface area (Å²) < 4.78 is 8.96. The first kappa shape index (κ1) is 16.7. The topological polar surface area (TPSA) is 113 Å². The highest BCUT2D eigenvalue weighted by Gasteiger charge is 2.36. The Morgan fingerprint density at radius 1 is 1.37 bits per heavy atom. The van der Waals surface area contributed by atoms with Crippen LogP contribution in [0.1, 0.15) is 20.3 Å². The summed E-state index contributed by atoms with van der Waals surface area (Å²) in [7, 11) is 2.30. The molecule has 0 spiro atoms. The van der Waals surface area contributed by atoms with Crippen LogP contribution in [0, 0.1) is 11.3 Å². The Morgan fingerprint density at radius 2 is 1.95 bits per heavy atom. The van der Waals surface area contributed by atoms with Gasteiger partial charge in [-0.2, -0.15) is 0 Å². The Kier molecular flexibility index (Phi) is 6.96. The van der Waals surface area contributed by atoms with E-state index in [1.807, 2.05) is 6.92 Å². The number of amides is 1. The summed E-state index contributed by atoms with van der Waals surface area (Å²) in [5.41, 5.74) is -0.722. The molecule has 0 saturated heterocycles. The molecule has 0 fully saturated rings. The normalized spacial score (nSPS) is 14.5. The largest absolute Gasteiger partial charge is 0.527 e. The number of nitrogens with zero attached hydrogens (tertiary/aromatic N) is 2. The number of diazo groups is 1. The van der Waals surface area contributed by atoms with Crippen molar-refractivity contribution in [3.63, 3.8) is 0 Å². The van der Waals surface area contributed by atoms with Crippen LogP contribution in [0.3, 0.4) is 0 Å². The zero-order chi connectivity index (χ0) is 15.0. The van der Waals surface area contributed by atoms with E-state index >= 15 is 0 Å². The smallest absolute Gasteiger partial charge is 0.475 e. The van der Waals surface area contributed by atoms with Crippen molar-refractivity contribution in [1.82, 2.24) is 5.32 Å². The molecule has 1 amide bonds. The Labute approximate surface area is 111 Å². The second-order valence-electron chi connectivity index (χ2n) is 3.82. The number of carbonyl (C=O) groups is 2. The van der Waals surface area contributed by atoms with Gasteiger partial charge in [-0.05, 0) is 5.92 Å². The molecule has 0 aliphatic heterocycles. The predicted octanol–water partition coefficient (Wildman–Crippen LogP) is 0.917. The van der Waals surface area contributed by atoms with Gasteiger partial charge < -0.3 is 19.9 Å². The van der Waals surface area contributed by atoms with Crippen LogP contribution in [-0.4, -0.2) is 37.2 Å². The van der Waals surface area contributed by atoms with Crippen LogP contribution < -0.4 is 5.32 Å². The van der Waals surface area contributed by atoms with Gasteiger partial charge in [-0.25, -0.2) is 4.79 Å². The maximum Gasteiger partial charge on any atom is 0.527 e. The fraction of sp³-hybridized carbons (Fsp3) is 0.636. The third-order valence-corrected chi connectivity index (χ3v) is 2.67. The second kappa shape index (κ2) is 7.92. The average molecular weight is 272 g/mol. The molecule has 0 heterocycles. The molecule has 0 aliphatic rings. The molecule has 0 aromatic heterocycles. The molecule has 0 bridgehead atoms. The maximum absolute atomic E-state index is 11.8. The van der Waals surface area contributed by atoms with Gasteiger partial charge in [0.15, 0.2) is 4.98 Å². The highest BCUT2D eigenvalue weighted by Crippen LogP contribution is 2.11. The van der Waals surface area contributed by atoms with Crippen molar-refractivity contribution >= 4 is 11.9 Å². The SMILES string of the molecule is CC[C@@H](C)[C@H](NC(=O)/C([N+]#N)=C(/O)OC)C(=O)OC. The molecular formula is C11H18N3O5+. The van der Waals surface area contributed by atoms with E-state index in [2.05, 4.69) is 19.8 Å². The third-order valence-electron chi connectivity index (χ3n) is 2.67. The highest BCUT2D eigenvalue weighted by atomic mass is 16.6. The van der Waals surface area contributed by atoms with Crippen molar-refractivity contribution in [2.45, 2.75) is 26.3 Å². The summed E-state index contributed by atoms with van der Waals surface area (Å²) in [4.78, 5) is 25.9. The minimum atomic E-state index is -0.947. The molecule has 2 atom stereocenters. The fourth-order valence-corrected chi connectivity index (χ4v) is 1.29. The summed E-state index contributed by atoms with van der Waals surface area (Å²) in [6.07, 6.45) is 0.617. The zero-order valence-corrected chi connectivity index (χ0v) is 11.3. The number of esters is 1. The maximum atomic E-state index is 11.8. The minimum absolute atomic E-state index is 0.193. The van der Waals surface area contributed by atoms with Gasteiger partial charge in [0.05, 0.1) is 14.2 Å². The first-order chi connectivity index (χ1) is 8.92. The molecule has 106 valence electrons. The summed E-state index contributed by atoms with van der Waals surface area (Å²) in [5.74, 6) is -2.62. The average Bonchev–Trinajstić information content (AvgIpc) is 2.43. The molecule has 0 unspecified atom stereocenters. The number of hydrogen-bond acceptors (Lipinski definition) is 6. The van der Waals surface area contributed by atoms with Gasteiger partial charge in [0, 0.05) is 0 Å². The van der Waals surface area contributed by atoms with Gasteiger partial charge in [0.1, 0.15) is 6.04 Å². The van der Waals surface area contributed by atoms with Crippen LogP contribution in [0.4, 0.5) is 0 Å². The molecule has 0 aromatic carbocycles. The molecule has 8 heteroatoms. The van der Waals surface area contributed by atoms with Gasteiger partial charge in [0.2, 0.25) is 5.39 Å². The van der Waals surface area contributed by atoms with E-state index < -0.39 is 29.6 Å². The molecule has 0 radical (unpaired) electrons. The lowest BCUT2D eigenvalue weighted by Gasteiger charge is -2.20. The Bertz CT molecular complexity index is 413. The summed E-state index contributed by atoms with van der Waals surface area (Å²) in [6.45, 7) is 3.59. The van der Waals surface area contributed by atoms with E-state index in [0.717, 1.165) is 7.11 Å². The van der Waals surface area contributed by atoms with Crippen molar-refractivity contribution in [3.05, 3.63) is 16.6 Å². The van der Waals surface area contributed by atoms with Crippen LogP contribution in [0.25, 0.3) is 4.98 Å². The Hall–Kier alpha value is -2.30. The third kappa shape index (κ3) is 4.46. The van der Waals surface area contributed by atoms with E-state index in [0.29, 0.717) is 6.42 Å². The molecular weight excluding hydrogens is 254 g/mol. The van der Waals surface area contributed by atoms with Crippen molar-refractivity contribution in [3.8, 4) is 0 Å². The van der Waals surface area contributed by atoms with E-state index in [9.17, 15) is 14.7 Å². The van der Waals surface area contributed by atoms with Gasteiger partial charge in [-0.3, -0.25) is 4.79 Å². The number of aliphatic hydroxyl groups excluding tert-OH is 1. The quantitative estimate of drug-likeness (QED) is 0.321. The summed E-state index contributed by atoms with van der Waals surface area (Å²) in [5, 5.41) is 20.2. The molecule has 8 nitrogen and oxygen atoms in total. The van der Waals surface area contributed by atoms with E-state index in [1.54, 1.807) is 6.92 Å². The van der Waals surface area contributed by atoms with E-state index in [-0.39, 0.29) is 5.92 Å². The van der Waals surface area contributed by atoms with Crippen LogP contribution >= 0.6 is 0 Å². The van der Waals surface area contributed by atoms with Crippen LogP contribution in [-0.2, 0) is 19.1 Å². The minimum Gasteiger partial charge on any atom is -0.475 e. The lowest BCUT2D eigenvalue weighted by molar-refractivity contribution is -0.146. The highest BCUT2D eigenvalue weighted by molar-refractivity contribution is 5.97. The van der Waals surface area contributed by atoms with E-state index in [1.165, 1.54) is 7.11 Å². The number of ether oxygens (including phenoxy) is 2. The summed E-state index contributed by atoms with van der Waals surface area (Å²) >= 11 is 0. The van der Waals surface area contributed by atoms with Gasteiger partial charge in [-0.1, -0.05) is 20.3 Å². The van der Waals surface area contributed by atoms with Crippen LogP contribution in [0.2, 0.25) is 0 Å². The van der Waals surface area contributed by atoms with Crippen molar-refractivity contribution < 1.29 is 24.2 Å². The van der Waals surface area contributed by atoms with Gasteiger partial charge in [0.25, 0.3) is 0 Å². The lowest BCUT2D eigenvalue weighted by Crippen LogP contribution is -2.46. The number of nitrogens with one attached hydrogen (secondary N) is 1. The molecule has 2 N–H and O–H groups in total. The molecule has 19 heavy (non-hydrogen) atoms. The number of aliphatic hydroxyl groups is 1. The number of rotatable bonds is 6. The number of hydrogen-bond donors (Lipinski definition) is 2. The van der Waals surface area contributed by atoms with Crippen molar-refractivity contribution in [2.24, 2.45) is 5.92 Å². The van der Waals surface area contributed by atoms with Crippen molar-refractivity contribution in [2.75, 3.05) is 14.2 Å². The van der Waals surface area contributed by atoms with E-state index in [4.69, 9.17) is 5.39 Å².